The van der Waals surface area contributed by atoms with Crippen molar-refractivity contribution in [2.24, 2.45) is 7.05 Å². The SMILES string of the molecule is CN(CC(=O)O)c1nn(C)c2ccc(F)cc12. The molecule has 0 saturated carbocycles. The van der Waals surface area contributed by atoms with Crippen LogP contribution in [0, 0.1) is 5.82 Å². The zero-order valence-electron chi connectivity index (χ0n) is 9.51. The van der Waals surface area contributed by atoms with Crippen LogP contribution in [0.5, 0.6) is 0 Å². The Labute approximate surface area is 97.1 Å². The maximum atomic E-state index is 13.2. The highest BCUT2D eigenvalue weighted by Gasteiger charge is 2.15. The van der Waals surface area contributed by atoms with Crippen molar-refractivity contribution < 1.29 is 14.3 Å². The van der Waals surface area contributed by atoms with Gasteiger partial charge >= 0.3 is 5.97 Å². The van der Waals surface area contributed by atoms with Crippen molar-refractivity contribution in [3.63, 3.8) is 0 Å². The van der Waals surface area contributed by atoms with Crippen molar-refractivity contribution in [2.45, 2.75) is 0 Å². The number of fused-ring (bicyclic) bond motifs is 1. The van der Waals surface area contributed by atoms with Gasteiger partial charge in [-0.1, -0.05) is 0 Å². The standard InChI is InChI=1S/C11H12FN3O2/c1-14(6-10(16)17)11-8-5-7(12)3-4-9(8)15(2)13-11/h3-5H,6H2,1-2H3,(H,16,17). The number of aromatic nitrogens is 2. The third kappa shape index (κ3) is 2.06. The van der Waals surface area contributed by atoms with Gasteiger partial charge < -0.3 is 10.0 Å². The summed E-state index contributed by atoms with van der Waals surface area (Å²) in [4.78, 5) is 12.1. The van der Waals surface area contributed by atoms with Crippen LogP contribution >= 0.6 is 0 Å². The summed E-state index contributed by atoms with van der Waals surface area (Å²) in [5, 5.41) is 13.5. The van der Waals surface area contributed by atoms with Crippen molar-refractivity contribution >= 4 is 22.7 Å². The number of likely N-dealkylation sites (N-methyl/N-ethyl adjacent to an activating group) is 1. The summed E-state index contributed by atoms with van der Waals surface area (Å²) >= 11 is 0. The highest BCUT2D eigenvalue weighted by atomic mass is 19.1. The van der Waals surface area contributed by atoms with Crippen LogP contribution in [-0.4, -0.2) is 34.4 Å². The fourth-order valence-electron chi connectivity index (χ4n) is 1.78. The first-order valence-electron chi connectivity index (χ1n) is 5.04. The van der Waals surface area contributed by atoms with E-state index >= 15 is 0 Å². The third-order valence-corrected chi connectivity index (χ3v) is 2.53. The number of nitrogens with zero attached hydrogens (tertiary/aromatic N) is 3. The van der Waals surface area contributed by atoms with Crippen LogP contribution in [0.4, 0.5) is 10.2 Å². The van der Waals surface area contributed by atoms with Crippen LogP contribution in [0.15, 0.2) is 18.2 Å². The van der Waals surface area contributed by atoms with Crippen LogP contribution < -0.4 is 4.90 Å². The molecule has 0 atom stereocenters. The summed E-state index contributed by atoms with van der Waals surface area (Å²) in [6.07, 6.45) is 0. The van der Waals surface area contributed by atoms with E-state index in [2.05, 4.69) is 5.10 Å². The van der Waals surface area contributed by atoms with Gasteiger partial charge in [-0.3, -0.25) is 9.48 Å². The fourth-order valence-corrected chi connectivity index (χ4v) is 1.78. The molecular weight excluding hydrogens is 225 g/mol. The van der Waals surface area contributed by atoms with Gasteiger partial charge in [-0.05, 0) is 18.2 Å². The summed E-state index contributed by atoms with van der Waals surface area (Å²) in [5.41, 5.74) is 0.763. The van der Waals surface area contributed by atoms with E-state index in [-0.39, 0.29) is 12.4 Å². The Hall–Kier alpha value is -2.11. The Kier molecular flexibility index (Phi) is 2.71. The second-order valence-electron chi connectivity index (χ2n) is 3.86. The molecule has 0 saturated heterocycles. The molecule has 0 unspecified atom stereocenters. The Bertz CT molecular complexity index is 579. The molecule has 90 valence electrons. The van der Waals surface area contributed by atoms with Gasteiger partial charge in [0.2, 0.25) is 0 Å². The highest BCUT2D eigenvalue weighted by molar-refractivity contribution is 5.91. The molecule has 0 bridgehead atoms. The number of aryl methyl sites for hydroxylation is 1. The number of halogens is 1. The molecule has 0 aliphatic heterocycles. The lowest BCUT2D eigenvalue weighted by atomic mass is 10.2. The molecule has 1 aromatic heterocycles. The first-order valence-corrected chi connectivity index (χ1v) is 5.04. The molecule has 1 heterocycles. The maximum absolute atomic E-state index is 13.2. The minimum atomic E-state index is -0.956. The Morgan fingerprint density at radius 1 is 1.59 bits per heavy atom. The number of hydrogen-bond acceptors (Lipinski definition) is 3. The molecule has 5 nitrogen and oxygen atoms in total. The van der Waals surface area contributed by atoms with Gasteiger partial charge in [0.25, 0.3) is 0 Å². The van der Waals surface area contributed by atoms with Crippen molar-refractivity contribution in [3.05, 3.63) is 24.0 Å². The van der Waals surface area contributed by atoms with Crippen LogP contribution in [0.1, 0.15) is 0 Å². The van der Waals surface area contributed by atoms with E-state index in [0.29, 0.717) is 11.2 Å². The Morgan fingerprint density at radius 2 is 2.29 bits per heavy atom. The minimum Gasteiger partial charge on any atom is -0.480 e. The lowest BCUT2D eigenvalue weighted by molar-refractivity contribution is -0.135. The number of aliphatic carboxylic acids is 1. The number of rotatable bonds is 3. The monoisotopic (exact) mass is 237 g/mol. The van der Waals surface area contributed by atoms with Crippen LogP contribution in [-0.2, 0) is 11.8 Å². The number of carboxylic acids is 1. The van der Waals surface area contributed by atoms with Gasteiger partial charge in [-0.2, -0.15) is 5.10 Å². The predicted molar refractivity (Wildman–Crippen MR) is 61.6 cm³/mol. The molecule has 17 heavy (non-hydrogen) atoms. The molecule has 0 spiro atoms. The number of carboxylic acid groups (broad SMARTS) is 1. The lowest BCUT2D eigenvalue weighted by Gasteiger charge is -2.13. The van der Waals surface area contributed by atoms with Crippen LogP contribution in [0.25, 0.3) is 10.9 Å². The molecular formula is C11H12FN3O2. The largest absolute Gasteiger partial charge is 0.480 e. The third-order valence-electron chi connectivity index (χ3n) is 2.53. The molecule has 2 rings (SSSR count). The second-order valence-corrected chi connectivity index (χ2v) is 3.86. The summed E-state index contributed by atoms with van der Waals surface area (Å²) in [5.74, 6) is -0.859. The molecule has 1 N–H and O–H groups in total. The summed E-state index contributed by atoms with van der Waals surface area (Å²) in [7, 11) is 3.35. The highest BCUT2D eigenvalue weighted by Crippen LogP contribution is 2.25. The Balaban J connectivity index is 2.53. The summed E-state index contributed by atoms with van der Waals surface area (Å²) in [6, 6.07) is 4.33. The molecule has 0 fully saturated rings. The van der Waals surface area contributed by atoms with Gasteiger partial charge in [0.1, 0.15) is 12.4 Å². The molecule has 6 heteroatoms. The molecule has 2 aromatic rings. The van der Waals surface area contributed by atoms with Gasteiger partial charge in [0.05, 0.1) is 5.52 Å². The zero-order chi connectivity index (χ0) is 12.6. The van der Waals surface area contributed by atoms with E-state index in [0.717, 1.165) is 5.52 Å². The number of hydrogen-bond donors (Lipinski definition) is 1. The van der Waals surface area contributed by atoms with Gasteiger partial charge in [0, 0.05) is 19.5 Å². The molecule has 1 aromatic carbocycles. The molecule has 0 aliphatic carbocycles. The quantitative estimate of drug-likeness (QED) is 0.872. The number of carbonyl (C=O) groups is 1. The first kappa shape index (κ1) is 11.4. The zero-order valence-corrected chi connectivity index (χ0v) is 9.51. The van der Waals surface area contributed by atoms with Crippen LogP contribution in [0.3, 0.4) is 0 Å². The maximum Gasteiger partial charge on any atom is 0.323 e. The molecule has 0 aliphatic rings. The van der Waals surface area contributed by atoms with E-state index in [1.165, 1.54) is 17.0 Å². The number of benzene rings is 1. The Morgan fingerprint density at radius 3 is 2.94 bits per heavy atom. The van der Waals surface area contributed by atoms with Gasteiger partial charge in [0.15, 0.2) is 5.82 Å². The smallest absolute Gasteiger partial charge is 0.323 e. The van der Waals surface area contributed by atoms with Crippen LogP contribution in [0.2, 0.25) is 0 Å². The topological polar surface area (TPSA) is 58.4 Å². The molecule has 0 amide bonds. The lowest BCUT2D eigenvalue weighted by Crippen LogP contribution is -2.25. The number of anilines is 1. The van der Waals surface area contributed by atoms with E-state index in [9.17, 15) is 9.18 Å². The average molecular weight is 237 g/mol. The fraction of sp³-hybridized carbons (Fsp3) is 0.273. The van der Waals surface area contributed by atoms with E-state index < -0.39 is 5.97 Å². The van der Waals surface area contributed by atoms with E-state index in [1.54, 1.807) is 24.8 Å². The van der Waals surface area contributed by atoms with Crippen molar-refractivity contribution in [1.29, 1.82) is 0 Å². The van der Waals surface area contributed by atoms with E-state index in [1.807, 2.05) is 0 Å². The average Bonchev–Trinajstić information content (AvgIpc) is 2.54. The minimum absolute atomic E-state index is 0.178. The normalized spacial score (nSPS) is 10.8. The van der Waals surface area contributed by atoms with Crippen molar-refractivity contribution in [3.8, 4) is 0 Å². The predicted octanol–water partition coefficient (Wildman–Crippen LogP) is 1.23. The van der Waals surface area contributed by atoms with Gasteiger partial charge in [-0.25, -0.2) is 4.39 Å². The molecule has 0 radical (unpaired) electrons. The second kappa shape index (κ2) is 4.04. The van der Waals surface area contributed by atoms with Crippen molar-refractivity contribution in [1.82, 2.24) is 9.78 Å². The first-order chi connectivity index (χ1) is 7.99. The summed E-state index contributed by atoms with van der Waals surface area (Å²) < 4.78 is 14.8. The van der Waals surface area contributed by atoms with Gasteiger partial charge in [-0.15, -0.1) is 0 Å². The van der Waals surface area contributed by atoms with E-state index in [4.69, 9.17) is 5.11 Å². The van der Waals surface area contributed by atoms with Crippen molar-refractivity contribution in [2.75, 3.05) is 18.5 Å². The summed E-state index contributed by atoms with van der Waals surface area (Å²) in [6.45, 7) is -0.178.